The Hall–Kier alpha value is -3.05. The lowest BCUT2D eigenvalue weighted by atomic mass is 10.1. The van der Waals surface area contributed by atoms with E-state index in [2.05, 4.69) is 30.5 Å². The Labute approximate surface area is 171 Å². The van der Waals surface area contributed by atoms with Gasteiger partial charge in [0.25, 0.3) is 0 Å². The zero-order chi connectivity index (χ0) is 20.7. The number of fused-ring (bicyclic) bond motifs is 1. The Morgan fingerprint density at radius 1 is 1.10 bits per heavy atom. The van der Waals surface area contributed by atoms with E-state index in [9.17, 15) is 14.6 Å². The molecule has 0 radical (unpaired) electrons. The summed E-state index contributed by atoms with van der Waals surface area (Å²) in [4.78, 5) is 16.9. The van der Waals surface area contributed by atoms with Gasteiger partial charge in [0.15, 0.2) is 5.82 Å². The van der Waals surface area contributed by atoms with Crippen LogP contribution in [0, 0.1) is 0 Å². The summed E-state index contributed by atoms with van der Waals surface area (Å²) in [6, 6.07) is 3.56. The molecule has 158 valence electrons. The Balaban J connectivity index is 1.33. The second-order valence-electron chi connectivity index (χ2n) is 7.74. The number of aromatic nitrogens is 5. The fourth-order valence-electron chi connectivity index (χ4n) is 3.92. The summed E-state index contributed by atoms with van der Waals surface area (Å²) in [7, 11) is 0. The molecule has 2 fully saturated rings. The molecule has 5 rings (SSSR count). The van der Waals surface area contributed by atoms with Gasteiger partial charge in [-0.2, -0.15) is 10.1 Å². The third-order valence-electron chi connectivity index (χ3n) is 5.58. The topological polar surface area (TPSA) is 126 Å². The highest BCUT2D eigenvalue weighted by Gasteiger charge is 2.29. The van der Waals surface area contributed by atoms with Crippen LogP contribution in [-0.4, -0.2) is 79.9 Å². The fourth-order valence-corrected chi connectivity index (χ4v) is 3.92. The average Bonchev–Trinajstić information content (AvgIpc) is 3.36. The number of β-amino-alcohol motifs (C(OH)–C–C–N with tert-alkyl or cyclic N) is 1. The van der Waals surface area contributed by atoms with Crippen molar-refractivity contribution in [3.05, 3.63) is 24.5 Å². The van der Waals surface area contributed by atoms with Crippen LogP contribution in [0.4, 0.5) is 27.8 Å². The summed E-state index contributed by atoms with van der Waals surface area (Å²) in [5.74, 6) is 2.32. The molecule has 3 atom stereocenters. The molecule has 30 heavy (non-hydrogen) atoms. The summed E-state index contributed by atoms with van der Waals surface area (Å²) in [6.45, 7) is 1.89. The normalized spacial score (nSPS) is 24.6. The predicted octanol–water partition coefficient (Wildman–Crippen LogP) is 0.972. The molecular weight excluding hydrogens is 391 g/mol. The molecule has 0 spiro atoms. The van der Waals surface area contributed by atoms with Crippen molar-refractivity contribution in [3.63, 3.8) is 0 Å². The number of aliphatic hydroxyl groups is 2. The molecule has 3 aromatic heterocycles. The molecule has 2 saturated heterocycles. The largest absolute Gasteiger partial charge is 0.391 e. The van der Waals surface area contributed by atoms with E-state index in [4.69, 9.17) is 0 Å². The number of anilines is 4. The number of H-pyrrole nitrogens is 1. The number of hydrogen-bond acceptors (Lipinski definition) is 9. The maximum absolute atomic E-state index is 13.8. The van der Waals surface area contributed by atoms with Crippen LogP contribution in [0.15, 0.2) is 24.5 Å². The van der Waals surface area contributed by atoms with Crippen LogP contribution in [0.25, 0.3) is 10.9 Å². The van der Waals surface area contributed by atoms with Crippen molar-refractivity contribution in [2.75, 3.05) is 41.3 Å². The van der Waals surface area contributed by atoms with Crippen molar-refractivity contribution in [3.8, 4) is 0 Å². The highest BCUT2D eigenvalue weighted by Crippen LogP contribution is 2.28. The van der Waals surface area contributed by atoms with Crippen molar-refractivity contribution < 1.29 is 14.6 Å². The molecule has 0 aliphatic carbocycles. The molecule has 2 aliphatic heterocycles. The third-order valence-corrected chi connectivity index (χ3v) is 5.58. The number of nitrogens with zero attached hydrogens (tertiary/aromatic N) is 6. The summed E-state index contributed by atoms with van der Waals surface area (Å²) in [5.41, 5.74) is 0.823. The number of piperidine rings is 1. The zero-order valence-electron chi connectivity index (χ0n) is 16.2. The molecule has 0 saturated carbocycles. The quantitative estimate of drug-likeness (QED) is 0.494. The van der Waals surface area contributed by atoms with Gasteiger partial charge in [0.1, 0.15) is 17.8 Å². The maximum atomic E-state index is 13.8. The van der Waals surface area contributed by atoms with Gasteiger partial charge < -0.3 is 25.3 Å². The number of hydrogen-bond donors (Lipinski definition) is 4. The first kappa shape index (κ1) is 18.9. The number of pyridine rings is 1. The molecule has 5 heterocycles. The van der Waals surface area contributed by atoms with Crippen LogP contribution in [0.1, 0.15) is 12.8 Å². The summed E-state index contributed by atoms with van der Waals surface area (Å²) < 4.78 is 13.8. The van der Waals surface area contributed by atoms with E-state index >= 15 is 0 Å². The van der Waals surface area contributed by atoms with Gasteiger partial charge in [-0.05, 0) is 18.9 Å². The number of aromatic amines is 1. The second kappa shape index (κ2) is 7.65. The third kappa shape index (κ3) is 3.61. The first-order chi connectivity index (χ1) is 14.6. The highest BCUT2D eigenvalue weighted by molar-refractivity contribution is 5.91. The van der Waals surface area contributed by atoms with Gasteiger partial charge in [-0.25, -0.2) is 14.4 Å². The lowest BCUT2D eigenvalue weighted by molar-refractivity contribution is 0.0612. The Bertz CT molecular complexity index is 1050. The predicted molar refractivity (Wildman–Crippen MR) is 110 cm³/mol. The van der Waals surface area contributed by atoms with Gasteiger partial charge in [0, 0.05) is 38.1 Å². The van der Waals surface area contributed by atoms with Gasteiger partial charge in [-0.1, -0.05) is 0 Å². The Morgan fingerprint density at radius 3 is 2.77 bits per heavy atom. The summed E-state index contributed by atoms with van der Waals surface area (Å²) >= 11 is 0. The molecular formula is C19H23FN8O2. The number of nitrogens with one attached hydrogen (secondary N) is 2. The van der Waals surface area contributed by atoms with E-state index in [1.165, 1.54) is 0 Å². The zero-order valence-corrected chi connectivity index (χ0v) is 16.2. The summed E-state index contributed by atoms with van der Waals surface area (Å²) in [6.07, 6.45) is 1.86. The van der Waals surface area contributed by atoms with Crippen LogP contribution in [0.5, 0.6) is 0 Å². The Morgan fingerprint density at radius 2 is 1.97 bits per heavy atom. The number of rotatable bonds is 4. The number of alkyl halides is 1. The minimum absolute atomic E-state index is 0.0664. The van der Waals surface area contributed by atoms with E-state index < -0.39 is 12.3 Å². The van der Waals surface area contributed by atoms with Gasteiger partial charge in [0.2, 0.25) is 5.95 Å². The maximum Gasteiger partial charge on any atom is 0.227 e. The first-order valence-corrected chi connectivity index (χ1v) is 10.0. The van der Waals surface area contributed by atoms with Crippen LogP contribution in [0.2, 0.25) is 0 Å². The number of aliphatic hydroxyl groups excluding tert-OH is 2. The highest BCUT2D eigenvalue weighted by atomic mass is 19.1. The van der Waals surface area contributed by atoms with E-state index in [1.807, 2.05) is 11.0 Å². The van der Waals surface area contributed by atoms with E-state index in [-0.39, 0.29) is 12.6 Å². The summed E-state index contributed by atoms with van der Waals surface area (Å²) in [5, 5.41) is 30.8. The van der Waals surface area contributed by atoms with Crippen molar-refractivity contribution in [1.82, 2.24) is 25.1 Å². The molecule has 0 aromatic carbocycles. The van der Waals surface area contributed by atoms with E-state index in [1.54, 1.807) is 23.4 Å². The molecule has 0 bridgehead atoms. The van der Waals surface area contributed by atoms with Gasteiger partial charge in [0.05, 0.1) is 29.7 Å². The fraction of sp³-hybridized carbons (Fsp3) is 0.474. The average molecular weight is 414 g/mol. The van der Waals surface area contributed by atoms with Crippen LogP contribution in [0.3, 0.4) is 0 Å². The molecule has 4 N–H and O–H groups in total. The van der Waals surface area contributed by atoms with Gasteiger partial charge >= 0.3 is 0 Å². The molecule has 0 amide bonds. The first-order valence-electron chi connectivity index (χ1n) is 10.0. The molecule has 3 unspecified atom stereocenters. The van der Waals surface area contributed by atoms with E-state index in [0.29, 0.717) is 37.1 Å². The van der Waals surface area contributed by atoms with E-state index in [0.717, 1.165) is 29.7 Å². The van der Waals surface area contributed by atoms with Crippen LogP contribution >= 0.6 is 0 Å². The van der Waals surface area contributed by atoms with Crippen molar-refractivity contribution >= 4 is 34.3 Å². The smallest absolute Gasteiger partial charge is 0.227 e. The molecule has 11 heteroatoms. The standard InChI is InChI=1S/C19H23FN8O2/c20-13-10-28(6-3-15(13)30)19-21-4-1-16(24-19)23-17-7-14-12(8-22-17)18(26-25-14)27-5-2-11(29)9-27/h1,4,7-8,11,13,15,29-30H,2-3,5-6,9-10H2,(H,25,26)(H,21,22,23,24). The van der Waals surface area contributed by atoms with Crippen molar-refractivity contribution in [2.45, 2.75) is 31.2 Å². The second-order valence-corrected chi connectivity index (χ2v) is 7.74. The molecule has 3 aromatic rings. The lowest BCUT2D eigenvalue weighted by Gasteiger charge is -2.32. The van der Waals surface area contributed by atoms with Crippen LogP contribution in [-0.2, 0) is 0 Å². The number of halogens is 1. The lowest BCUT2D eigenvalue weighted by Crippen LogP contribution is -2.45. The van der Waals surface area contributed by atoms with Crippen LogP contribution < -0.4 is 15.1 Å². The molecule has 2 aliphatic rings. The minimum atomic E-state index is -1.31. The van der Waals surface area contributed by atoms with Gasteiger partial charge in [-0.15, -0.1) is 0 Å². The Kier molecular flexibility index (Phi) is 4.83. The minimum Gasteiger partial charge on any atom is -0.391 e. The molecule has 10 nitrogen and oxygen atoms in total. The monoisotopic (exact) mass is 414 g/mol. The van der Waals surface area contributed by atoms with Crippen molar-refractivity contribution in [1.29, 1.82) is 0 Å². The van der Waals surface area contributed by atoms with Crippen molar-refractivity contribution in [2.24, 2.45) is 0 Å². The SMILES string of the molecule is OC1CCN(c2n[nH]c3cc(Nc4ccnc(N5CCC(O)C(F)C5)n4)ncc23)C1. The van der Waals surface area contributed by atoms with Gasteiger partial charge in [-0.3, -0.25) is 5.10 Å².